The third-order valence-corrected chi connectivity index (χ3v) is 2.90. The van der Waals surface area contributed by atoms with Gasteiger partial charge in [0.25, 0.3) is 5.82 Å². The predicted octanol–water partition coefficient (Wildman–Crippen LogP) is 4.57. The van der Waals surface area contributed by atoms with E-state index in [0.717, 1.165) is 17.2 Å². The van der Waals surface area contributed by atoms with Gasteiger partial charge >= 0.3 is 6.18 Å². The molecular formula is C15H12F3N3. The number of hydrogen-bond acceptors (Lipinski definition) is 2. The van der Waals surface area contributed by atoms with Crippen molar-refractivity contribution < 1.29 is 13.2 Å². The highest BCUT2D eigenvalue weighted by Crippen LogP contribution is 2.36. The summed E-state index contributed by atoms with van der Waals surface area (Å²) in [4.78, 5) is 6.35. The number of benzene rings is 1. The SMILES string of the molecule is [C-]#[N+]c1ncc(NCc2ccc(C)cc2)cc1C(F)(F)F. The number of nitrogens with zero attached hydrogens (tertiary/aromatic N) is 2. The van der Waals surface area contributed by atoms with E-state index in [4.69, 9.17) is 6.57 Å². The molecule has 1 aromatic carbocycles. The Labute approximate surface area is 120 Å². The van der Waals surface area contributed by atoms with E-state index in [0.29, 0.717) is 6.54 Å². The monoisotopic (exact) mass is 291 g/mol. The van der Waals surface area contributed by atoms with Crippen molar-refractivity contribution in [3.05, 3.63) is 64.6 Å². The van der Waals surface area contributed by atoms with Gasteiger partial charge in [-0.05, 0) is 18.6 Å². The molecule has 21 heavy (non-hydrogen) atoms. The van der Waals surface area contributed by atoms with Crippen LogP contribution in [0.2, 0.25) is 0 Å². The van der Waals surface area contributed by atoms with E-state index in [-0.39, 0.29) is 5.69 Å². The number of rotatable bonds is 3. The summed E-state index contributed by atoms with van der Waals surface area (Å²) in [6, 6.07) is 8.56. The lowest BCUT2D eigenvalue weighted by Crippen LogP contribution is -2.08. The van der Waals surface area contributed by atoms with Gasteiger partial charge in [-0.15, -0.1) is 4.98 Å². The van der Waals surface area contributed by atoms with Crippen molar-refractivity contribution in [2.24, 2.45) is 0 Å². The van der Waals surface area contributed by atoms with E-state index in [1.165, 1.54) is 6.20 Å². The van der Waals surface area contributed by atoms with Crippen molar-refractivity contribution in [3.8, 4) is 0 Å². The van der Waals surface area contributed by atoms with Crippen LogP contribution in [0.3, 0.4) is 0 Å². The second kappa shape index (κ2) is 5.83. The van der Waals surface area contributed by atoms with Gasteiger partial charge in [-0.1, -0.05) is 36.4 Å². The molecule has 0 unspecified atom stereocenters. The van der Waals surface area contributed by atoms with Crippen LogP contribution < -0.4 is 5.32 Å². The molecule has 0 saturated heterocycles. The molecule has 1 heterocycles. The second-order valence-electron chi connectivity index (χ2n) is 4.54. The van der Waals surface area contributed by atoms with E-state index in [1.807, 2.05) is 31.2 Å². The van der Waals surface area contributed by atoms with E-state index in [9.17, 15) is 13.2 Å². The summed E-state index contributed by atoms with van der Waals surface area (Å²) in [6.45, 7) is 9.08. The third-order valence-electron chi connectivity index (χ3n) is 2.90. The molecule has 2 rings (SSSR count). The van der Waals surface area contributed by atoms with Gasteiger partial charge in [-0.3, -0.25) is 0 Å². The normalized spacial score (nSPS) is 11.0. The zero-order chi connectivity index (χ0) is 15.5. The molecule has 0 aliphatic carbocycles. The fourth-order valence-electron chi connectivity index (χ4n) is 1.76. The van der Waals surface area contributed by atoms with E-state index in [1.54, 1.807) is 0 Å². The lowest BCUT2D eigenvalue weighted by atomic mass is 10.1. The molecule has 0 atom stereocenters. The summed E-state index contributed by atoms with van der Waals surface area (Å²) in [6.07, 6.45) is -3.36. The molecule has 6 heteroatoms. The topological polar surface area (TPSA) is 29.3 Å². The standard InChI is InChI=1S/C15H12F3N3/c1-10-3-5-11(6-4-10)8-20-12-7-13(15(16,17)18)14(19-2)21-9-12/h3-7,9,20H,8H2,1H3. The van der Waals surface area contributed by atoms with Crippen LogP contribution in [-0.4, -0.2) is 4.98 Å². The maximum Gasteiger partial charge on any atom is 0.409 e. The minimum Gasteiger partial charge on any atom is -0.378 e. The Morgan fingerprint density at radius 2 is 1.90 bits per heavy atom. The lowest BCUT2D eigenvalue weighted by molar-refractivity contribution is -0.137. The van der Waals surface area contributed by atoms with E-state index >= 15 is 0 Å². The zero-order valence-electron chi connectivity index (χ0n) is 11.2. The summed E-state index contributed by atoms with van der Waals surface area (Å²) in [5.74, 6) is -0.636. The van der Waals surface area contributed by atoms with Gasteiger partial charge in [0.1, 0.15) is 6.20 Å². The van der Waals surface area contributed by atoms with Crippen LogP contribution in [0.25, 0.3) is 4.85 Å². The average Bonchev–Trinajstić information content (AvgIpc) is 2.45. The number of aromatic nitrogens is 1. The van der Waals surface area contributed by atoms with Crippen LogP contribution >= 0.6 is 0 Å². The number of anilines is 1. The summed E-state index contributed by atoms with van der Waals surface area (Å²) in [5, 5.41) is 2.88. The van der Waals surface area contributed by atoms with E-state index in [2.05, 4.69) is 15.1 Å². The maximum atomic E-state index is 12.8. The summed E-state index contributed by atoms with van der Waals surface area (Å²) >= 11 is 0. The quantitative estimate of drug-likeness (QED) is 0.839. The lowest BCUT2D eigenvalue weighted by Gasteiger charge is -2.11. The van der Waals surface area contributed by atoms with Crippen LogP contribution in [0, 0.1) is 13.5 Å². The Kier molecular flexibility index (Phi) is 4.13. The Morgan fingerprint density at radius 3 is 2.48 bits per heavy atom. The number of nitrogens with one attached hydrogen (secondary N) is 1. The second-order valence-corrected chi connectivity index (χ2v) is 4.54. The summed E-state index contributed by atoms with van der Waals surface area (Å²) in [7, 11) is 0. The Bertz CT molecular complexity index is 670. The maximum absolute atomic E-state index is 12.8. The zero-order valence-corrected chi connectivity index (χ0v) is 11.2. The number of aryl methyl sites for hydroxylation is 1. The molecule has 1 N–H and O–H groups in total. The highest BCUT2D eigenvalue weighted by atomic mass is 19.4. The molecule has 0 radical (unpaired) electrons. The van der Waals surface area contributed by atoms with Gasteiger partial charge in [0.05, 0.1) is 11.3 Å². The third kappa shape index (κ3) is 3.72. The fraction of sp³-hybridized carbons (Fsp3) is 0.200. The first-order valence-electron chi connectivity index (χ1n) is 6.14. The highest BCUT2D eigenvalue weighted by Gasteiger charge is 2.34. The van der Waals surface area contributed by atoms with Gasteiger partial charge in [-0.2, -0.15) is 13.2 Å². The largest absolute Gasteiger partial charge is 0.409 e. The minimum absolute atomic E-state index is 0.232. The first kappa shape index (κ1) is 14.9. The first-order valence-corrected chi connectivity index (χ1v) is 6.14. The van der Waals surface area contributed by atoms with Crippen LogP contribution in [0.4, 0.5) is 24.7 Å². The van der Waals surface area contributed by atoms with Crippen LogP contribution in [0.1, 0.15) is 16.7 Å². The molecule has 0 spiro atoms. The fourth-order valence-corrected chi connectivity index (χ4v) is 1.76. The van der Waals surface area contributed by atoms with Gasteiger partial charge in [0, 0.05) is 6.54 Å². The molecule has 0 saturated carbocycles. The first-order chi connectivity index (χ1) is 9.90. The molecule has 108 valence electrons. The van der Waals surface area contributed by atoms with Crippen molar-refractivity contribution in [2.75, 3.05) is 5.32 Å². The number of halogens is 3. The molecule has 0 fully saturated rings. The van der Waals surface area contributed by atoms with Crippen molar-refractivity contribution in [3.63, 3.8) is 0 Å². The highest BCUT2D eigenvalue weighted by molar-refractivity contribution is 5.55. The average molecular weight is 291 g/mol. The smallest absolute Gasteiger partial charge is 0.378 e. The molecule has 3 nitrogen and oxygen atoms in total. The number of alkyl halides is 3. The molecule has 0 bridgehead atoms. The van der Waals surface area contributed by atoms with Gasteiger partial charge in [0.15, 0.2) is 0 Å². The van der Waals surface area contributed by atoms with Crippen LogP contribution in [0.15, 0.2) is 36.5 Å². The van der Waals surface area contributed by atoms with Gasteiger partial charge in [-0.25, -0.2) is 0 Å². The number of pyridine rings is 1. The molecule has 0 aliphatic heterocycles. The summed E-state index contributed by atoms with van der Waals surface area (Å²) < 4.78 is 38.4. The van der Waals surface area contributed by atoms with Crippen LogP contribution in [0.5, 0.6) is 0 Å². The molecule has 0 amide bonds. The molecule has 0 aliphatic rings. The predicted molar refractivity (Wildman–Crippen MR) is 74.0 cm³/mol. The summed E-state index contributed by atoms with van der Waals surface area (Å²) in [5.41, 5.74) is 1.27. The van der Waals surface area contributed by atoms with Crippen molar-refractivity contribution in [1.82, 2.24) is 4.98 Å². The molecule has 2 aromatic rings. The Balaban J connectivity index is 2.18. The minimum atomic E-state index is -4.59. The Hall–Kier alpha value is -2.55. The van der Waals surface area contributed by atoms with Crippen molar-refractivity contribution in [1.29, 1.82) is 0 Å². The van der Waals surface area contributed by atoms with Gasteiger partial charge < -0.3 is 10.2 Å². The van der Waals surface area contributed by atoms with Crippen LogP contribution in [-0.2, 0) is 12.7 Å². The van der Waals surface area contributed by atoms with Crippen molar-refractivity contribution in [2.45, 2.75) is 19.6 Å². The van der Waals surface area contributed by atoms with E-state index < -0.39 is 17.6 Å². The Morgan fingerprint density at radius 1 is 1.24 bits per heavy atom. The molecule has 1 aromatic heterocycles. The van der Waals surface area contributed by atoms with Gasteiger partial charge in [0.2, 0.25) is 0 Å². The number of hydrogen-bond donors (Lipinski definition) is 1. The molecular weight excluding hydrogens is 279 g/mol. The van der Waals surface area contributed by atoms with Crippen molar-refractivity contribution >= 4 is 11.5 Å².